The van der Waals surface area contributed by atoms with Crippen molar-refractivity contribution >= 4 is 17.2 Å². The first-order chi connectivity index (χ1) is 15.7. The Morgan fingerprint density at radius 2 is 1.69 bits per heavy atom. The SMILES string of the molecule is Cc1cccc2nnc(C#Cc3cccc(C(=O)Nc4cccc(-n5cccc5)c4)c3)n12. The number of amides is 1. The molecule has 3 heterocycles. The first-order valence-corrected chi connectivity index (χ1v) is 10.1. The standard InChI is InChI=1S/C26H19N5O/c1-19-7-4-12-24-28-29-25(31(19)24)14-13-20-8-5-9-21(17-20)26(32)27-22-10-6-11-23(18-22)30-15-2-3-16-30/h2-12,15-18H,1H3,(H,27,32). The van der Waals surface area contributed by atoms with Crippen molar-refractivity contribution < 1.29 is 4.79 Å². The number of benzene rings is 2. The third-order valence-electron chi connectivity index (χ3n) is 5.07. The molecule has 0 spiro atoms. The van der Waals surface area contributed by atoms with Crippen LogP contribution in [0.4, 0.5) is 5.69 Å². The summed E-state index contributed by atoms with van der Waals surface area (Å²) < 4.78 is 3.89. The van der Waals surface area contributed by atoms with Crippen LogP contribution in [0.15, 0.2) is 91.3 Å². The van der Waals surface area contributed by atoms with Crippen molar-refractivity contribution in [2.45, 2.75) is 6.92 Å². The van der Waals surface area contributed by atoms with Gasteiger partial charge in [0, 0.05) is 40.6 Å². The minimum absolute atomic E-state index is 0.193. The van der Waals surface area contributed by atoms with Crippen LogP contribution in [0.2, 0.25) is 0 Å². The van der Waals surface area contributed by atoms with E-state index in [0.717, 1.165) is 28.3 Å². The summed E-state index contributed by atoms with van der Waals surface area (Å²) in [6.07, 6.45) is 3.92. The van der Waals surface area contributed by atoms with Gasteiger partial charge in [-0.3, -0.25) is 9.20 Å². The molecule has 5 rings (SSSR count). The number of pyridine rings is 1. The van der Waals surface area contributed by atoms with E-state index in [9.17, 15) is 4.79 Å². The zero-order valence-electron chi connectivity index (χ0n) is 17.4. The van der Waals surface area contributed by atoms with Crippen LogP contribution >= 0.6 is 0 Å². The molecule has 1 N–H and O–H groups in total. The van der Waals surface area contributed by atoms with Crippen LogP contribution < -0.4 is 5.32 Å². The maximum absolute atomic E-state index is 12.8. The molecule has 2 aromatic carbocycles. The number of hydrogen-bond acceptors (Lipinski definition) is 3. The number of rotatable bonds is 3. The van der Waals surface area contributed by atoms with Crippen LogP contribution in [0.3, 0.4) is 0 Å². The van der Waals surface area contributed by atoms with Gasteiger partial charge in [-0.15, -0.1) is 10.2 Å². The van der Waals surface area contributed by atoms with Crippen molar-refractivity contribution in [2.24, 2.45) is 0 Å². The Morgan fingerprint density at radius 1 is 0.875 bits per heavy atom. The molecule has 3 aromatic heterocycles. The quantitative estimate of drug-likeness (QED) is 0.440. The Labute approximate surface area is 185 Å². The number of nitrogens with one attached hydrogen (secondary N) is 1. The Kier molecular flexibility index (Phi) is 4.98. The van der Waals surface area contributed by atoms with Crippen LogP contribution in [0.1, 0.15) is 27.4 Å². The van der Waals surface area contributed by atoms with Crippen molar-refractivity contribution in [3.8, 4) is 17.5 Å². The van der Waals surface area contributed by atoms with E-state index in [1.807, 2.05) is 95.0 Å². The first kappa shape index (κ1) is 19.3. The molecule has 0 saturated heterocycles. The van der Waals surface area contributed by atoms with Gasteiger partial charge in [0.25, 0.3) is 5.91 Å². The molecule has 0 aliphatic carbocycles. The molecule has 6 nitrogen and oxygen atoms in total. The second kappa shape index (κ2) is 8.25. The number of aromatic nitrogens is 4. The fourth-order valence-corrected chi connectivity index (χ4v) is 3.50. The average molecular weight is 417 g/mol. The fourth-order valence-electron chi connectivity index (χ4n) is 3.50. The van der Waals surface area contributed by atoms with Crippen LogP contribution in [-0.2, 0) is 0 Å². The minimum Gasteiger partial charge on any atom is -0.324 e. The molecule has 6 heteroatoms. The summed E-state index contributed by atoms with van der Waals surface area (Å²) >= 11 is 0. The van der Waals surface area contributed by atoms with Gasteiger partial charge in [0.05, 0.1) is 0 Å². The Bertz CT molecular complexity index is 1490. The largest absolute Gasteiger partial charge is 0.324 e. The number of carbonyl (C=O) groups is 1. The van der Waals surface area contributed by atoms with Gasteiger partial charge in [0.1, 0.15) is 0 Å². The van der Waals surface area contributed by atoms with E-state index in [-0.39, 0.29) is 5.91 Å². The normalized spacial score (nSPS) is 10.5. The molecule has 32 heavy (non-hydrogen) atoms. The molecule has 5 aromatic rings. The summed E-state index contributed by atoms with van der Waals surface area (Å²) in [5, 5.41) is 11.3. The number of aryl methyl sites for hydroxylation is 1. The maximum atomic E-state index is 12.8. The van der Waals surface area contributed by atoms with E-state index < -0.39 is 0 Å². The second-order valence-electron chi connectivity index (χ2n) is 7.31. The summed E-state index contributed by atoms with van der Waals surface area (Å²) in [4.78, 5) is 12.8. The summed E-state index contributed by atoms with van der Waals surface area (Å²) in [5.74, 6) is 6.54. The van der Waals surface area contributed by atoms with E-state index in [0.29, 0.717) is 11.4 Å². The van der Waals surface area contributed by atoms with Crippen molar-refractivity contribution in [1.82, 2.24) is 19.2 Å². The van der Waals surface area contributed by atoms with Gasteiger partial charge in [-0.25, -0.2) is 0 Å². The average Bonchev–Trinajstić information content (AvgIpc) is 3.49. The lowest BCUT2D eigenvalue weighted by Crippen LogP contribution is -2.12. The molecule has 1 amide bonds. The van der Waals surface area contributed by atoms with Gasteiger partial charge >= 0.3 is 0 Å². The van der Waals surface area contributed by atoms with E-state index in [1.54, 1.807) is 12.1 Å². The van der Waals surface area contributed by atoms with Gasteiger partial charge in [-0.2, -0.15) is 0 Å². The molecule has 0 aliphatic rings. The topological polar surface area (TPSA) is 64.2 Å². The van der Waals surface area contributed by atoms with Crippen LogP contribution in [0.25, 0.3) is 11.3 Å². The van der Waals surface area contributed by atoms with Crippen molar-refractivity contribution in [2.75, 3.05) is 5.32 Å². The highest BCUT2D eigenvalue weighted by Gasteiger charge is 2.08. The Morgan fingerprint density at radius 3 is 2.56 bits per heavy atom. The van der Waals surface area contributed by atoms with Crippen LogP contribution in [0.5, 0.6) is 0 Å². The van der Waals surface area contributed by atoms with E-state index in [4.69, 9.17) is 0 Å². The molecule has 0 atom stereocenters. The first-order valence-electron chi connectivity index (χ1n) is 10.1. The van der Waals surface area contributed by atoms with Gasteiger partial charge in [0.15, 0.2) is 5.65 Å². The molecule has 0 radical (unpaired) electrons. The number of fused-ring (bicyclic) bond motifs is 1. The summed E-state index contributed by atoms with van der Waals surface area (Å²) in [7, 11) is 0. The van der Waals surface area contributed by atoms with Gasteiger partial charge in [0.2, 0.25) is 5.82 Å². The third-order valence-corrected chi connectivity index (χ3v) is 5.07. The highest BCUT2D eigenvalue weighted by molar-refractivity contribution is 6.04. The van der Waals surface area contributed by atoms with Crippen molar-refractivity contribution in [3.63, 3.8) is 0 Å². The summed E-state index contributed by atoms with van der Waals surface area (Å²) in [5.41, 5.74) is 4.72. The molecule has 0 bridgehead atoms. The lowest BCUT2D eigenvalue weighted by molar-refractivity contribution is 0.102. The fraction of sp³-hybridized carbons (Fsp3) is 0.0385. The zero-order chi connectivity index (χ0) is 21.9. The predicted molar refractivity (Wildman–Crippen MR) is 124 cm³/mol. The number of nitrogens with zero attached hydrogens (tertiary/aromatic N) is 4. The molecule has 154 valence electrons. The van der Waals surface area contributed by atoms with Gasteiger partial charge in [-0.1, -0.05) is 24.1 Å². The zero-order valence-corrected chi connectivity index (χ0v) is 17.4. The van der Waals surface area contributed by atoms with Crippen molar-refractivity contribution in [1.29, 1.82) is 0 Å². The third kappa shape index (κ3) is 3.87. The highest BCUT2D eigenvalue weighted by Crippen LogP contribution is 2.16. The molecule has 0 fully saturated rings. The Balaban J connectivity index is 1.37. The van der Waals surface area contributed by atoms with E-state index >= 15 is 0 Å². The monoisotopic (exact) mass is 417 g/mol. The number of hydrogen-bond donors (Lipinski definition) is 1. The van der Waals surface area contributed by atoms with Crippen LogP contribution in [-0.4, -0.2) is 25.1 Å². The molecule has 0 saturated carbocycles. The molecular weight excluding hydrogens is 398 g/mol. The number of carbonyl (C=O) groups excluding carboxylic acids is 1. The van der Waals surface area contributed by atoms with E-state index in [1.165, 1.54) is 0 Å². The summed E-state index contributed by atoms with van der Waals surface area (Å²) in [6, 6.07) is 24.7. The van der Waals surface area contributed by atoms with Crippen molar-refractivity contribution in [3.05, 3.63) is 114 Å². The Hall–Kier alpha value is -4.63. The predicted octanol–water partition coefficient (Wildman–Crippen LogP) is 4.48. The molecular formula is C26H19N5O. The van der Waals surface area contributed by atoms with Crippen LogP contribution in [0, 0.1) is 18.8 Å². The van der Waals surface area contributed by atoms with Gasteiger partial charge in [-0.05, 0) is 73.5 Å². The van der Waals surface area contributed by atoms with Gasteiger partial charge < -0.3 is 9.88 Å². The molecule has 0 aliphatic heterocycles. The maximum Gasteiger partial charge on any atom is 0.255 e. The molecule has 0 unspecified atom stereocenters. The second-order valence-corrected chi connectivity index (χ2v) is 7.31. The smallest absolute Gasteiger partial charge is 0.255 e. The highest BCUT2D eigenvalue weighted by atomic mass is 16.1. The number of anilines is 1. The summed E-state index contributed by atoms with van der Waals surface area (Å²) in [6.45, 7) is 1.98. The minimum atomic E-state index is -0.193. The lowest BCUT2D eigenvalue weighted by atomic mass is 10.1. The lowest BCUT2D eigenvalue weighted by Gasteiger charge is -2.08. The van der Waals surface area contributed by atoms with E-state index in [2.05, 4.69) is 27.4 Å².